The normalized spacial score (nSPS) is 15.8. The average molecular weight is 1070 g/mol. The molecule has 0 saturated carbocycles. The standard InChI is InChI=1S/C68H124O6Si/c1-12-14-16-18-20-22-24-26-28-30-32-34-36-38-40-42-55-70-75(11,71-56-43-41-39-37-35-33-31-29-27-25-23-21-19-17-15-13-2)72-57-65(69)73-66-61(7)62(8)67-64(63(66)9)52-54-68(10,74-67)53-46-51-60(6)50-45-49-59(5)48-44-47-58(3)4/h26-29,58-60H,12-25,30-57H2,1-11H3/b28-26-,29-27-/t59-,60-,68-/m1/s1. The SMILES string of the molecule is CCCCCCCC/C=C\CCCCCCCCO[Si](C)(OCCCCCCCC/C=C\CCCCCCCC)OCC(=O)Oc1c(C)c(C)c2c(c1C)CC[C@@](C)(CCC[C@H](C)CCC[C@H](C)CCCC(C)C)O2. The molecule has 1 heterocycles. The Kier molecular flexibility index (Phi) is 40.5. The van der Waals surface area contributed by atoms with Crippen LogP contribution in [0.2, 0.25) is 6.55 Å². The van der Waals surface area contributed by atoms with Gasteiger partial charge >= 0.3 is 14.8 Å². The molecule has 0 aromatic heterocycles. The molecular weight excluding hydrogens is 941 g/mol. The Morgan fingerprint density at radius 3 is 1.40 bits per heavy atom. The molecule has 0 bridgehead atoms. The van der Waals surface area contributed by atoms with Crippen molar-refractivity contribution in [3.8, 4) is 11.5 Å². The van der Waals surface area contributed by atoms with Crippen molar-refractivity contribution < 1.29 is 27.5 Å². The van der Waals surface area contributed by atoms with Gasteiger partial charge in [-0.3, -0.25) is 0 Å². The topological polar surface area (TPSA) is 63.2 Å². The molecule has 6 nitrogen and oxygen atoms in total. The van der Waals surface area contributed by atoms with E-state index in [1.54, 1.807) is 0 Å². The van der Waals surface area contributed by atoms with Gasteiger partial charge in [0.2, 0.25) is 0 Å². The largest absolute Gasteiger partial charge is 0.498 e. The predicted molar refractivity (Wildman–Crippen MR) is 327 cm³/mol. The minimum atomic E-state index is -3.10. The van der Waals surface area contributed by atoms with E-state index in [-0.39, 0.29) is 12.2 Å². The number of carbonyl (C=O) groups is 1. The van der Waals surface area contributed by atoms with Gasteiger partial charge in [-0.1, -0.05) is 226 Å². The lowest BCUT2D eigenvalue weighted by molar-refractivity contribution is -0.138. The van der Waals surface area contributed by atoms with Gasteiger partial charge in [-0.15, -0.1) is 0 Å². The summed E-state index contributed by atoms with van der Waals surface area (Å²) in [7, 11) is -3.10. The van der Waals surface area contributed by atoms with E-state index < -0.39 is 14.8 Å². The summed E-state index contributed by atoms with van der Waals surface area (Å²) >= 11 is 0. The third kappa shape index (κ3) is 34.0. The van der Waals surface area contributed by atoms with Crippen LogP contribution in [0.1, 0.15) is 315 Å². The Labute approximate surface area is 467 Å². The maximum Gasteiger partial charge on any atom is 0.498 e. The Bertz CT molecular complexity index is 1570. The van der Waals surface area contributed by atoms with Crippen LogP contribution in [-0.4, -0.2) is 40.2 Å². The first kappa shape index (κ1) is 69.2. The molecule has 1 aliphatic rings. The molecule has 3 atom stereocenters. The van der Waals surface area contributed by atoms with Crippen molar-refractivity contribution in [1.29, 1.82) is 0 Å². The zero-order chi connectivity index (χ0) is 54.8. The summed E-state index contributed by atoms with van der Waals surface area (Å²) in [6, 6.07) is 0. The second-order valence-electron chi connectivity index (χ2n) is 24.6. The van der Waals surface area contributed by atoms with E-state index in [0.717, 1.165) is 85.1 Å². The second-order valence-corrected chi connectivity index (χ2v) is 27.2. The van der Waals surface area contributed by atoms with E-state index in [9.17, 15) is 4.79 Å². The fourth-order valence-corrected chi connectivity index (χ4v) is 12.7. The van der Waals surface area contributed by atoms with E-state index in [2.05, 4.69) is 93.5 Å². The van der Waals surface area contributed by atoms with Crippen LogP contribution < -0.4 is 9.47 Å². The molecule has 0 aliphatic carbocycles. The number of carbonyl (C=O) groups excluding carboxylic acids is 1. The van der Waals surface area contributed by atoms with Gasteiger partial charge in [0, 0.05) is 25.3 Å². The first-order valence-electron chi connectivity index (χ1n) is 32.5. The molecule has 0 saturated heterocycles. The smallest absolute Gasteiger partial charge is 0.487 e. The van der Waals surface area contributed by atoms with Crippen LogP contribution >= 0.6 is 0 Å². The van der Waals surface area contributed by atoms with Crippen LogP contribution in [0.5, 0.6) is 11.5 Å². The van der Waals surface area contributed by atoms with Gasteiger partial charge in [0.1, 0.15) is 23.7 Å². The van der Waals surface area contributed by atoms with Gasteiger partial charge in [0.25, 0.3) is 0 Å². The molecule has 0 N–H and O–H groups in total. The van der Waals surface area contributed by atoms with Crippen LogP contribution in [-0.2, 0) is 24.5 Å². The highest BCUT2D eigenvalue weighted by Gasteiger charge is 2.37. The number of esters is 1. The Balaban J connectivity index is 1.86. The van der Waals surface area contributed by atoms with Gasteiger partial charge in [0.05, 0.1) is 0 Å². The van der Waals surface area contributed by atoms with Crippen molar-refractivity contribution >= 4 is 14.8 Å². The quantitative estimate of drug-likeness (QED) is 0.0213. The van der Waals surface area contributed by atoms with Crippen LogP contribution in [0.3, 0.4) is 0 Å². The Morgan fingerprint density at radius 1 is 0.533 bits per heavy atom. The zero-order valence-corrected chi connectivity index (χ0v) is 52.7. The van der Waals surface area contributed by atoms with Gasteiger partial charge in [-0.2, -0.15) is 0 Å². The number of fused-ring (bicyclic) bond motifs is 1. The van der Waals surface area contributed by atoms with Gasteiger partial charge in [-0.05, 0) is 152 Å². The number of hydrogen-bond acceptors (Lipinski definition) is 6. The number of allylic oxidation sites excluding steroid dienone is 4. The predicted octanol–water partition coefficient (Wildman–Crippen LogP) is 21.7. The van der Waals surface area contributed by atoms with Crippen molar-refractivity contribution in [1.82, 2.24) is 0 Å². The highest BCUT2D eigenvalue weighted by molar-refractivity contribution is 6.59. The fourth-order valence-electron chi connectivity index (χ4n) is 11.1. The van der Waals surface area contributed by atoms with E-state index in [1.807, 2.05) is 6.55 Å². The Hall–Kier alpha value is -1.93. The number of benzene rings is 1. The third-order valence-electron chi connectivity index (χ3n) is 16.5. The lowest BCUT2D eigenvalue weighted by atomic mass is 9.83. The summed E-state index contributed by atoms with van der Waals surface area (Å²) in [5, 5.41) is 0. The highest BCUT2D eigenvalue weighted by Crippen LogP contribution is 2.45. The molecule has 2 rings (SSSR count). The first-order valence-corrected chi connectivity index (χ1v) is 34.7. The van der Waals surface area contributed by atoms with Crippen LogP contribution in [0.4, 0.5) is 0 Å². The van der Waals surface area contributed by atoms with Crippen LogP contribution in [0.15, 0.2) is 24.3 Å². The van der Waals surface area contributed by atoms with Crippen molar-refractivity contribution in [2.45, 2.75) is 332 Å². The minimum absolute atomic E-state index is 0.184. The lowest BCUT2D eigenvalue weighted by Gasteiger charge is -2.38. The van der Waals surface area contributed by atoms with Crippen molar-refractivity contribution in [3.05, 3.63) is 46.6 Å². The maximum atomic E-state index is 13.7. The molecule has 436 valence electrons. The summed E-state index contributed by atoms with van der Waals surface area (Å²) in [6.45, 7) is 25.7. The summed E-state index contributed by atoms with van der Waals surface area (Å²) in [5.41, 5.74) is 4.02. The summed E-state index contributed by atoms with van der Waals surface area (Å²) in [6.07, 6.45) is 58.8. The first-order chi connectivity index (χ1) is 36.2. The monoisotopic (exact) mass is 1060 g/mol. The maximum absolute atomic E-state index is 13.7. The van der Waals surface area contributed by atoms with E-state index >= 15 is 0 Å². The number of ether oxygens (including phenoxy) is 2. The average Bonchev–Trinajstić information content (AvgIpc) is 3.38. The molecule has 1 aromatic carbocycles. The van der Waals surface area contributed by atoms with Crippen molar-refractivity contribution in [2.75, 3.05) is 19.8 Å². The molecular formula is C68H124O6Si. The van der Waals surface area contributed by atoms with E-state index in [1.165, 1.54) is 211 Å². The van der Waals surface area contributed by atoms with E-state index in [0.29, 0.717) is 19.0 Å². The number of rotatable bonds is 50. The van der Waals surface area contributed by atoms with Gasteiger partial charge < -0.3 is 22.8 Å². The summed E-state index contributed by atoms with van der Waals surface area (Å²) < 4.78 is 32.4. The van der Waals surface area contributed by atoms with Crippen molar-refractivity contribution in [2.24, 2.45) is 17.8 Å². The van der Waals surface area contributed by atoms with Crippen molar-refractivity contribution in [3.63, 3.8) is 0 Å². The van der Waals surface area contributed by atoms with E-state index in [4.69, 9.17) is 22.8 Å². The molecule has 0 radical (unpaired) electrons. The van der Waals surface area contributed by atoms with Crippen LogP contribution in [0.25, 0.3) is 0 Å². The minimum Gasteiger partial charge on any atom is -0.487 e. The van der Waals surface area contributed by atoms with Gasteiger partial charge in [0.15, 0.2) is 0 Å². The molecule has 1 aliphatic heterocycles. The third-order valence-corrected chi connectivity index (χ3v) is 18.7. The highest BCUT2D eigenvalue weighted by atomic mass is 28.4. The molecule has 0 fully saturated rings. The number of hydrogen-bond donors (Lipinski definition) is 0. The summed E-state index contributed by atoms with van der Waals surface area (Å²) in [5.74, 6) is 3.65. The second kappa shape index (κ2) is 43.9. The molecule has 1 aromatic rings. The fraction of sp³-hybridized carbons (Fsp3) is 0.838. The lowest BCUT2D eigenvalue weighted by Crippen LogP contribution is -2.45. The van der Waals surface area contributed by atoms with Gasteiger partial charge in [-0.25, -0.2) is 4.79 Å². The molecule has 0 unspecified atom stereocenters. The zero-order valence-electron chi connectivity index (χ0n) is 51.7. The Morgan fingerprint density at radius 2 is 0.947 bits per heavy atom. The van der Waals surface area contributed by atoms with Crippen LogP contribution in [0, 0.1) is 38.5 Å². The summed E-state index contributed by atoms with van der Waals surface area (Å²) in [4.78, 5) is 13.7. The molecule has 0 spiro atoms. The number of unbranched alkanes of at least 4 members (excludes halogenated alkanes) is 24. The molecule has 0 amide bonds. The molecule has 75 heavy (non-hydrogen) atoms. The molecule has 7 heteroatoms.